The molecule has 2 saturated carbocycles. The molecule has 5 unspecified atom stereocenters. The quantitative estimate of drug-likeness (QED) is 0.646. The fraction of sp³-hybridized carbons (Fsp3) is 0.905. The molecule has 0 aromatic carbocycles. The first-order chi connectivity index (χ1) is 10.4. The minimum Gasteiger partial charge on any atom is -0.389 e. The van der Waals surface area contributed by atoms with E-state index in [4.69, 9.17) is 0 Å². The van der Waals surface area contributed by atoms with E-state index in [1.165, 1.54) is 63.4 Å². The second-order valence-electron chi connectivity index (χ2n) is 9.35. The normalized spacial score (nSPS) is 44.5. The molecule has 0 amide bonds. The summed E-state index contributed by atoms with van der Waals surface area (Å²) in [6, 6.07) is 0. The van der Waals surface area contributed by atoms with E-state index >= 15 is 0 Å². The van der Waals surface area contributed by atoms with Gasteiger partial charge in [0.25, 0.3) is 0 Å². The first kappa shape index (κ1) is 16.6. The van der Waals surface area contributed by atoms with Crippen LogP contribution in [0.25, 0.3) is 0 Å². The number of allylic oxidation sites excluding steroid dienone is 1. The molecule has 22 heavy (non-hydrogen) atoms. The van der Waals surface area contributed by atoms with Crippen LogP contribution in [0.2, 0.25) is 0 Å². The van der Waals surface area contributed by atoms with Crippen molar-refractivity contribution in [1.29, 1.82) is 0 Å². The summed E-state index contributed by atoms with van der Waals surface area (Å²) in [5.74, 6) is 2.10. The second kappa shape index (κ2) is 5.96. The number of hydrogen-bond acceptors (Lipinski definition) is 1. The van der Waals surface area contributed by atoms with Gasteiger partial charge in [0.05, 0.1) is 6.10 Å². The van der Waals surface area contributed by atoms with Crippen molar-refractivity contribution in [1.82, 2.24) is 0 Å². The van der Waals surface area contributed by atoms with Crippen molar-refractivity contribution in [2.75, 3.05) is 0 Å². The number of aliphatic hydroxyl groups excluding tert-OH is 1. The predicted octanol–water partition coefficient (Wildman–Crippen LogP) is 5.73. The van der Waals surface area contributed by atoms with Crippen LogP contribution in [0.3, 0.4) is 0 Å². The third-order valence-electron chi connectivity index (χ3n) is 7.62. The molecule has 0 bridgehead atoms. The van der Waals surface area contributed by atoms with E-state index in [2.05, 4.69) is 33.8 Å². The molecule has 3 aliphatic carbocycles. The van der Waals surface area contributed by atoms with Crippen LogP contribution >= 0.6 is 0 Å². The van der Waals surface area contributed by atoms with Crippen LogP contribution in [0.1, 0.15) is 85.5 Å². The molecule has 3 aliphatic rings. The van der Waals surface area contributed by atoms with Crippen LogP contribution in [0, 0.1) is 28.6 Å². The van der Waals surface area contributed by atoms with Crippen LogP contribution in [0.5, 0.6) is 0 Å². The Hall–Kier alpha value is -0.300. The summed E-state index contributed by atoms with van der Waals surface area (Å²) < 4.78 is 0. The van der Waals surface area contributed by atoms with Crippen molar-refractivity contribution >= 4 is 0 Å². The summed E-state index contributed by atoms with van der Waals surface area (Å²) in [6.45, 7) is 9.84. The monoisotopic (exact) mass is 304 g/mol. The van der Waals surface area contributed by atoms with E-state index in [-0.39, 0.29) is 6.10 Å². The van der Waals surface area contributed by atoms with Gasteiger partial charge in [-0.1, -0.05) is 52.2 Å². The van der Waals surface area contributed by atoms with Gasteiger partial charge in [-0.2, -0.15) is 0 Å². The molecule has 2 fully saturated rings. The van der Waals surface area contributed by atoms with Gasteiger partial charge in [0, 0.05) is 0 Å². The molecule has 0 saturated heterocycles. The van der Waals surface area contributed by atoms with Gasteiger partial charge in [-0.15, -0.1) is 0 Å². The Kier molecular flexibility index (Phi) is 4.49. The fourth-order valence-corrected chi connectivity index (χ4v) is 6.65. The second-order valence-corrected chi connectivity index (χ2v) is 9.35. The Bertz CT molecular complexity index is 435. The predicted molar refractivity (Wildman–Crippen MR) is 93.7 cm³/mol. The van der Waals surface area contributed by atoms with Crippen LogP contribution in [-0.2, 0) is 0 Å². The lowest BCUT2D eigenvalue weighted by Gasteiger charge is -2.60. The van der Waals surface area contributed by atoms with Crippen molar-refractivity contribution in [3.8, 4) is 0 Å². The highest BCUT2D eigenvalue weighted by Crippen LogP contribution is 2.63. The molecule has 0 radical (unpaired) electrons. The first-order valence-electron chi connectivity index (χ1n) is 9.76. The Morgan fingerprint density at radius 1 is 1.14 bits per heavy atom. The van der Waals surface area contributed by atoms with Gasteiger partial charge in [-0.05, 0) is 73.5 Å². The largest absolute Gasteiger partial charge is 0.389 e. The summed E-state index contributed by atoms with van der Waals surface area (Å²) in [5, 5.41) is 10.8. The lowest BCUT2D eigenvalue weighted by Crippen LogP contribution is -2.53. The van der Waals surface area contributed by atoms with Crippen LogP contribution in [0.15, 0.2) is 11.6 Å². The van der Waals surface area contributed by atoms with E-state index in [1.807, 2.05) is 0 Å². The average molecular weight is 305 g/mol. The topological polar surface area (TPSA) is 20.2 Å². The number of rotatable bonds is 2. The average Bonchev–Trinajstić information content (AvgIpc) is 2.59. The molecule has 126 valence electrons. The van der Waals surface area contributed by atoms with Gasteiger partial charge in [-0.3, -0.25) is 0 Å². The highest BCUT2D eigenvalue weighted by atomic mass is 16.3. The summed E-state index contributed by atoms with van der Waals surface area (Å²) in [6.07, 6.45) is 13.7. The molecule has 0 aliphatic heterocycles. The van der Waals surface area contributed by atoms with Crippen molar-refractivity contribution in [2.24, 2.45) is 28.6 Å². The Balaban J connectivity index is 1.88. The fourth-order valence-electron chi connectivity index (χ4n) is 6.65. The van der Waals surface area contributed by atoms with E-state index < -0.39 is 0 Å². The van der Waals surface area contributed by atoms with Gasteiger partial charge in [0.15, 0.2) is 0 Å². The third kappa shape index (κ3) is 2.68. The van der Waals surface area contributed by atoms with Crippen molar-refractivity contribution < 1.29 is 5.11 Å². The maximum Gasteiger partial charge on any atom is 0.0754 e. The summed E-state index contributed by atoms with van der Waals surface area (Å²) in [4.78, 5) is 0. The van der Waals surface area contributed by atoms with Gasteiger partial charge in [-0.25, -0.2) is 0 Å². The molecule has 0 spiro atoms. The smallest absolute Gasteiger partial charge is 0.0754 e. The molecule has 0 aromatic heterocycles. The van der Waals surface area contributed by atoms with Gasteiger partial charge in [0.1, 0.15) is 0 Å². The highest BCUT2D eigenvalue weighted by molar-refractivity contribution is 5.14. The zero-order chi connectivity index (χ0) is 16.0. The van der Waals surface area contributed by atoms with Crippen molar-refractivity contribution in [2.45, 2.75) is 91.6 Å². The van der Waals surface area contributed by atoms with Gasteiger partial charge in [0.2, 0.25) is 0 Å². The summed E-state index contributed by atoms with van der Waals surface area (Å²) in [5.41, 5.74) is 2.48. The van der Waals surface area contributed by atoms with Crippen molar-refractivity contribution in [3.05, 3.63) is 11.6 Å². The Morgan fingerprint density at radius 3 is 2.64 bits per heavy atom. The molecular weight excluding hydrogens is 268 g/mol. The van der Waals surface area contributed by atoms with E-state index in [1.54, 1.807) is 0 Å². The zero-order valence-electron chi connectivity index (χ0n) is 15.2. The molecule has 0 heterocycles. The standard InChI is InChI=1S/C21H36O/c1-5-7-15-8-10-17-16(18(22)14-15)9-11-19-20(2,3)12-6-13-21(17,19)4/h14,16-19,22H,5-13H2,1-4H3. The lowest BCUT2D eigenvalue weighted by atomic mass is 9.45. The lowest BCUT2D eigenvalue weighted by molar-refractivity contribution is -0.115. The van der Waals surface area contributed by atoms with Crippen LogP contribution in [-0.4, -0.2) is 11.2 Å². The summed E-state index contributed by atoms with van der Waals surface area (Å²) >= 11 is 0. The maximum absolute atomic E-state index is 10.8. The number of fused-ring (bicyclic) bond motifs is 3. The Labute approximate surface area is 137 Å². The zero-order valence-corrected chi connectivity index (χ0v) is 15.2. The van der Waals surface area contributed by atoms with Crippen molar-refractivity contribution in [3.63, 3.8) is 0 Å². The minimum atomic E-state index is -0.183. The Morgan fingerprint density at radius 2 is 1.91 bits per heavy atom. The van der Waals surface area contributed by atoms with Crippen LogP contribution < -0.4 is 0 Å². The van der Waals surface area contributed by atoms with E-state index in [0.717, 1.165) is 11.8 Å². The number of hydrogen-bond donors (Lipinski definition) is 1. The molecule has 1 heteroatoms. The van der Waals surface area contributed by atoms with Crippen LogP contribution in [0.4, 0.5) is 0 Å². The third-order valence-corrected chi connectivity index (χ3v) is 7.62. The van der Waals surface area contributed by atoms with E-state index in [0.29, 0.717) is 16.7 Å². The molecule has 0 aromatic rings. The maximum atomic E-state index is 10.8. The van der Waals surface area contributed by atoms with Gasteiger partial charge >= 0.3 is 0 Å². The van der Waals surface area contributed by atoms with Gasteiger partial charge < -0.3 is 5.11 Å². The molecular formula is C21H36O. The number of aliphatic hydroxyl groups is 1. The summed E-state index contributed by atoms with van der Waals surface area (Å²) in [7, 11) is 0. The molecule has 5 atom stereocenters. The molecule has 1 nitrogen and oxygen atoms in total. The first-order valence-corrected chi connectivity index (χ1v) is 9.76. The highest BCUT2D eigenvalue weighted by Gasteiger charge is 2.55. The minimum absolute atomic E-state index is 0.183. The molecule has 1 N–H and O–H groups in total. The van der Waals surface area contributed by atoms with E-state index in [9.17, 15) is 5.11 Å². The SMILES string of the molecule is CCCC1=CC(O)C2CCC3C(C)(C)CCCC3(C)C2CC1. The molecule has 3 rings (SSSR count).